The molecule has 0 saturated carbocycles. The molecule has 140 valence electrons. The summed E-state index contributed by atoms with van der Waals surface area (Å²) in [5, 5.41) is 3.40. The molecule has 1 saturated heterocycles. The third-order valence-electron chi connectivity index (χ3n) is 3.55. The lowest BCUT2D eigenvalue weighted by atomic mass is 10.0. The monoisotopic (exact) mass is 412 g/mol. The summed E-state index contributed by atoms with van der Waals surface area (Å²) in [6.45, 7) is 6.38. The predicted molar refractivity (Wildman–Crippen MR) is 91.5 cm³/mol. The second-order valence-electron chi connectivity index (χ2n) is 7.48. The molecule has 5 nitrogen and oxygen atoms in total. The number of nitrogens with one attached hydrogen (secondary N) is 1. The minimum absolute atomic E-state index is 0.0320. The van der Waals surface area contributed by atoms with Gasteiger partial charge in [-0.2, -0.15) is 0 Å². The summed E-state index contributed by atoms with van der Waals surface area (Å²) < 4.78 is 33.0. The van der Waals surface area contributed by atoms with Gasteiger partial charge < -0.3 is 15.0 Å². The van der Waals surface area contributed by atoms with E-state index in [1.807, 2.05) is 6.92 Å². The van der Waals surface area contributed by atoms with Gasteiger partial charge in [0.1, 0.15) is 5.60 Å². The van der Waals surface area contributed by atoms with E-state index in [2.05, 4.69) is 21.2 Å². The molecule has 1 aliphatic rings. The zero-order chi connectivity index (χ0) is 18.5. The number of rotatable bonds is 5. The van der Waals surface area contributed by atoms with Gasteiger partial charge in [0, 0.05) is 24.7 Å². The summed E-state index contributed by atoms with van der Waals surface area (Å²) >= 11 is 3.34. The molecule has 1 heterocycles. The van der Waals surface area contributed by atoms with E-state index in [1.165, 1.54) is 0 Å². The van der Waals surface area contributed by atoms with Crippen molar-refractivity contribution in [2.45, 2.75) is 64.5 Å². The minimum atomic E-state index is -3.05. The van der Waals surface area contributed by atoms with Crippen molar-refractivity contribution in [3.8, 4) is 0 Å². The van der Waals surface area contributed by atoms with E-state index in [0.29, 0.717) is 12.3 Å². The highest BCUT2D eigenvalue weighted by Crippen LogP contribution is 2.28. The van der Waals surface area contributed by atoms with Crippen LogP contribution in [-0.2, 0) is 9.53 Å². The Kier molecular flexibility index (Phi) is 7.44. The Morgan fingerprint density at radius 1 is 1.42 bits per heavy atom. The maximum Gasteiger partial charge on any atom is 0.410 e. The summed E-state index contributed by atoms with van der Waals surface area (Å²) in [6.07, 6.45) is -0.294. The quantitative estimate of drug-likeness (QED) is 0.702. The fourth-order valence-electron chi connectivity index (χ4n) is 2.42. The largest absolute Gasteiger partial charge is 0.444 e. The number of nitrogens with zero attached hydrogens (tertiary/aromatic N) is 1. The number of alkyl halides is 3. The Morgan fingerprint density at radius 3 is 2.58 bits per heavy atom. The Morgan fingerprint density at radius 2 is 2.04 bits per heavy atom. The highest BCUT2D eigenvalue weighted by Gasteiger charge is 2.43. The van der Waals surface area contributed by atoms with E-state index in [0.717, 1.165) is 10.2 Å². The van der Waals surface area contributed by atoms with Crippen molar-refractivity contribution in [2.24, 2.45) is 5.92 Å². The summed E-state index contributed by atoms with van der Waals surface area (Å²) in [7, 11) is 0. The molecule has 0 aliphatic carbocycles. The number of carbonyl (C=O) groups is 2. The Labute approximate surface area is 150 Å². The molecule has 0 aromatic heterocycles. The van der Waals surface area contributed by atoms with Crippen molar-refractivity contribution in [3.63, 3.8) is 0 Å². The fourth-order valence-corrected chi connectivity index (χ4v) is 2.74. The number of amides is 2. The summed E-state index contributed by atoms with van der Waals surface area (Å²) in [5.41, 5.74) is -0.756. The molecule has 24 heavy (non-hydrogen) atoms. The molecule has 8 heteroatoms. The van der Waals surface area contributed by atoms with Crippen LogP contribution in [-0.4, -0.2) is 52.9 Å². The molecule has 0 aromatic carbocycles. The molecule has 1 aliphatic heterocycles. The van der Waals surface area contributed by atoms with E-state index in [-0.39, 0.29) is 18.9 Å². The van der Waals surface area contributed by atoms with Crippen molar-refractivity contribution in [1.82, 2.24) is 10.2 Å². The zero-order valence-electron chi connectivity index (χ0n) is 14.7. The van der Waals surface area contributed by atoms with Crippen LogP contribution < -0.4 is 5.32 Å². The SMILES string of the molecule is CC(CBr)CCC(=O)NC1CN(C(=O)OC(C)(C)C)CC(F)(F)C1. The number of hydrogen-bond donors (Lipinski definition) is 1. The topological polar surface area (TPSA) is 58.6 Å². The van der Waals surface area contributed by atoms with Gasteiger partial charge in [0.05, 0.1) is 12.6 Å². The lowest BCUT2D eigenvalue weighted by Gasteiger charge is -2.38. The lowest BCUT2D eigenvalue weighted by Crippen LogP contribution is -2.57. The van der Waals surface area contributed by atoms with Gasteiger partial charge in [-0.15, -0.1) is 0 Å². The van der Waals surface area contributed by atoms with E-state index in [4.69, 9.17) is 4.74 Å². The van der Waals surface area contributed by atoms with Crippen LogP contribution in [0.2, 0.25) is 0 Å². The molecule has 0 bridgehead atoms. The number of piperidine rings is 1. The first kappa shape index (κ1) is 21.1. The number of ether oxygens (including phenoxy) is 1. The van der Waals surface area contributed by atoms with Gasteiger partial charge in [0.15, 0.2) is 0 Å². The number of carbonyl (C=O) groups excluding carboxylic acids is 2. The van der Waals surface area contributed by atoms with Gasteiger partial charge in [-0.1, -0.05) is 22.9 Å². The van der Waals surface area contributed by atoms with Gasteiger partial charge in [-0.05, 0) is 33.1 Å². The highest BCUT2D eigenvalue weighted by molar-refractivity contribution is 9.09. The molecule has 2 unspecified atom stereocenters. The summed E-state index contributed by atoms with van der Waals surface area (Å²) in [6, 6.07) is -0.770. The second kappa shape index (κ2) is 8.45. The average molecular weight is 413 g/mol. The van der Waals surface area contributed by atoms with Crippen LogP contribution in [0, 0.1) is 5.92 Å². The number of hydrogen-bond acceptors (Lipinski definition) is 3. The molecule has 0 aromatic rings. The third-order valence-corrected chi connectivity index (χ3v) is 4.66. The molecular formula is C16H27BrF2N2O3. The number of halogens is 3. The van der Waals surface area contributed by atoms with Crippen molar-refractivity contribution < 1.29 is 23.1 Å². The van der Waals surface area contributed by atoms with Crippen molar-refractivity contribution in [1.29, 1.82) is 0 Å². The van der Waals surface area contributed by atoms with Crippen LogP contribution in [0.25, 0.3) is 0 Å². The van der Waals surface area contributed by atoms with Gasteiger partial charge in [0.2, 0.25) is 5.91 Å². The third kappa shape index (κ3) is 7.77. The Bertz CT molecular complexity index is 455. The van der Waals surface area contributed by atoms with Gasteiger partial charge >= 0.3 is 6.09 Å². The molecule has 0 spiro atoms. The summed E-state index contributed by atoms with van der Waals surface area (Å²) in [5.74, 6) is -2.98. The molecule has 1 fully saturated rings. The van der Waals surface area contributed by atoms with Crippen LogP contribution in [0.5, 0.6) is 0 Å². The smallest absolute Gasteiger partial charge is 0.410 e. The van der Waals surface area contributed by atoms with E-state index < -0.39 is 36.6 Å². The van der Waals surface area contributed by atoms with E-state index in [1.54, 1.807) is 20.8 Å². The number of likely N-dealkylation sites (tertiary alicyclic amines) is 1. The first-order valence-corrected chi connectivity index (χ1v) is 9.25. The molecule has 2 atom stereocenters. The van der Waals surface area contributed by atoms with Gasteiger partial charge in [-0.3, -0.25) is 4.79 Å². The maximum atomic E-state index is 13.9. The maximum absolute atomic E-state index is 13.9. The first-order chi connectivity index (χ1) is 10.9. The van der Waals surface area contributed by atoms with Crippen LogP contribution in [0.4, 0.5) is 13.6 Å². The first-order valence-electron chi connectivity index (χ1n) is 8.13. The molecular weight excluding hydrogens is 386 g/mol. The average Bonchev–Trinajstić information content (AvgIpc) is 2.41. The van der Waals surface area contributed by atoms with Crippen LogP contribution in [0.1, 0.15) is 47.0 Å². The minimum Gasteiger partial charge on any atom is -0.444 e. The molecule has 0 radical (unpaired) electrons. The van der Waals surface area contributed by atoms with Gasteiger partial charge in [-0.25, -0.2) is 13.6 Å². The lowest BCUT2D eigenvalue weighted by molar-refractivity contribution is -0.124. The van der Waals surface area contributed by atoms with E-state index in [9.17, 15) is 18.4 Å². The molecule has 1 rings (SSSR count). The predicted octanol–water partition coefficient (Wildman–Crippen LogP) is 3.56. The molecule has 1 N–H and O–H groups in total. The van der Waals surface area contributed by atoms with Crippen molar-refractivity contribution in [2.75, 3.05) is 18.4 Å². The van der Waals surface area contributed by atoms with Crippen molar-refractivity contribution in [3.05, 3.63) is 0 Å². The normalized spacial score (nSPS) is 22.0. The highest BCUT2D eigenvalue weighted by atomic mass is 79.9. The molecule has 2 amide bonds. The Hall–Kier alpha value is -0.920. The van der Waals surface area contributed by atoms with Crippen LogP contribution in [0.3, 0.4) is 0 Å². The van der Waals surface area contributed by atoms with E-state index >= 15 is 0 Å². The van der Waals surface area contributed by atoms with Gasteiger partial charge in [0.25, 0.3) is 5.92 Å². The second-order valence-corrected chi connectivity index (χ2v) is 8.13. The zero-order valence-corrected chi connectivity index (χ0v) is 16.3. The van der Waals surface area contributed by atoms with Crippen LogP contribution >= 0.6 is 15.9 Å². The van der Waals surface area contributed by atoms with Crippen molar-refractivity contribution >= 4 is 27.9 Å². The Balaban J connectivity index is 2.62. The van der Waals surface area contributed by atoms with Crippen LogP contribution in [0.15, 0.2) is 0 Å². The standard InChI is InChI=1S/C16H27BrF2N2O3/c1-11(8-17)5-6-13(22)20-12-7-16(18,19)10-21(9-12)14(23)24-15(2,3)4/h11-12H,5-10H2,1-4H3,(H,20,22). The fraction of sp³-hybridized carbons (Fsp3) is 0.875. The summed E-state index contributed by atoms with van der Waals surface area (Å²) in [4.78, 5) is 25.0.